The number of halogens is 1. The van der Waals surface area contributed by atoms with Gasteiger partial charge in [-0.2, -0.15) is 0 Å². The van der Waals surface area contributed by atoms with Crippen molar-refractivity contribution in [3.8, 4) is 5.75 Å². The van der Waals surface area contributed by atoms with Crippen molar-refractivity contribution < 1.29 is 19.4 Å². The molecule has 210 valence electrons. The Balaban J connectivity index is 1.28. The number of hydrazine groups is 1. The zero-order valence-corrected chi connectivity index (χ0v) is 23.9. The lowest BCUT2D eigenvalue weighted by atomic mass is 9.88. The molecule has 0 saturated carbocycles. The summed E-state index contributed by atoms with van der Waals surface area (Å²) in [7, 11) is 0. The third kappa shape index (κ3) is 5.03. The van der Waals surface area contributed by atoms with E-state index >= 15 is 0 Å². The van der Waals surface area contributed by atoms with Gasteiger partial charge in [-0.1, -0.05) is 30.7 Å². The van der Waals surface area contributed by atoms with Crippen molar-refractivity contribution in [2.45, 2.75) is 46.0 Å². The standard InChI is InChI=1S/C32H36ClN3O4/c1-21-17-34-14-12-23-6-3-8-27(31(23)34)28-18-36(32(37)38)35(29(28)20-39-19-22(21)2)13-5-15-40-30-9-4-7-24-16-25(33)10-11-26(24)30/h4,7,9-11,16,19-21H,3,5-6,8,12-15,17-18H2,1-2H3,(H,37,38)/b22-19-,28-27-,29-20+. The van der Waals surface area contributed by atoms with Gasteiger partial charge in [0.25, 0.3) is 0 Å². The number of nitrogens with zero attached hydrogens (tertiary/aromatic N) is 3. The van der Waals surface area contributed by atoms with Crippen LogP contribution in [-0.4, -0.2) is 58.9 Å². The van der Waals surface area contributed by atoms with Gasteiger partial charge in [-0.3, -0.25) is 5.01 Å². The Hall–Kier alpha value is -3.58. The Morgan fingerprint density at radius 2 is 2.02 bits per heavy atom. The molecule has 1 aliphatic carbocycles. The van der Waals surface area contributed by atoms with Gasteiger partial charge in [-0.05, 0) is 84.9 Å². The number of hydrogen-bond donors (Lipinski definition) is 1. The molecule has 0 bridgehead atoms. The molecule has 3 aliphatic heterocycles. The fourth-order valence-electron chi connectivity index (χ4n) is 6.38. The molecule has 0 spiro atoms. The van der Waals surface area contributed by atoms with Gasteiger partial charge in [0.2, 0.25) is 0 Å². The topological polar surface area (TPSA) is 65.5 Å². The third-order valence-corrected chi connectivity index (χ3v) is 8.81. The van der Waals surface area contributed by atoms with Crippen LogP contribution in [0.2, 0.25) is 5.02 Å². The smallest absolute Gasteiger partial charge is 0.426 e. The van der Waals surface area contributed by atoms with Crippen molar-refractivity contribution in [1.82, 2.24) is 14.9 Å². The molecule has 2 aromatic carbocycles. The normalized spacial score (nSPS) is 25.5. The third-order valence-electron chi connectivity index (χ3n) is 8.58. The fourth-order valence-corrected chi connectivity index (χ4v) is 6.56. The largest absolute Gasteiger partial charge is 0.493 e. The van der Waals surface area contributed by atoms with Gasteiger partial charge in [-0.15, -0.1) is 0 Å². The van der Waals surface area contributed by atoms with Crippen LogP contribution in [0, 0.1) is 5.92 Å². The second-order valence-electron chi connectivity index (χ2n) is 11.1. The maximum absolute atomic E-state index is 12.5. The highest BCUT2D eigenvalue weighted by atomic mass is 35.5. The summed E-state index contributed by atoms with van der Waals surface area (Å²) in [5.74, 6) is 1.16. The lowest BCUT2D eigenvalue weighted by Crippen LogP contribution is -2.40. The van der Waals surface area contributed by atoms with Crippen LogP contribution in [0.4, 0.5) is 4.79 Å². The zero-order chi connectivity index (χ0) is 27.8. The quantitative estimate of drug-likeness (QED) is 0.386. The average Bonchev–Trinajstić information content (AvgIpc) is 3.51. The number of fused-ring (bicyclic) bond motifs is 2. The summed E-state index contributed by atoms with van der Waals surface area (Å²) in [6.45, 7) is 7.60. The van der Waals surface area contributed by atoms with Crippen LogP contribution in [0.25, 0.3) is 10.8 Å². The van der Waals surface area contributed by atoms with Gasteiger partial charge in [0, 0.05) is 47.7 Å². The molecule has 1 amide bonds. The molecule has 1 N–H and O–H groups in total. The SMILES string of the molecule is C/C1=C/O/C=C2\C(=C3\CCCC4=C3N(CC4)CC1C)CN(C(=O)O)N2CCCOc1cccc2cc(Cl)ccc12. The Morgan fingerprint density at radius 3 is 2.88 bits per heavy atom. The molecule has 1 saturated heterocycles. The van der Waals surface area contributed by atoms with Crippen LogP contribution in [0.5, 0.6) is 5.75 Å². The first-order chi connectivity index (χ1) is 19.4. The van der Waals surface area contributed by atoms with E-state index in [0.717, 1.165) is 66.6 Å². The number of allylic oxidation sites excluding steroid dienone is 1. The predicted octanol–water partition coefficient (Wildman–Crippen LogP) is 7.32. The Kier molecular flexibility index (Phi) is 7.41. The average molecular weight is 562 g/mol. The minimum Gasteiger partial charge on any atom is -0.493 e. The van der Waals surface area contributed by atoms with Crippen LogP contribution < -0.4 is 4.74 Å². The fraction of sp³-hybridized carbons (Fsp3) is 0.406. The van der Waals surface area contributed by atoms with E-state index in [1.807, 2.05) is 47.7 Å². The number of hydrogen-bond acceptors (Lipinski definition) is 5. The van der Waals surface area contributed by atoms with Gasteiger partial charge >= 0.3 is 6.09 Å². The highest BCUT2D eigenvalue weighted by Crippen LogP contribution is 2.44. The summed E-state index contributed by atoms with van der Waals surface area (Å²) >= 11 is 6.17. The predicted molar refractivity (Wildman–Crippen MR) is 157 cm³/mol. The second kappa shape index (κ2) is 11.1. The maximum atomic E-state index is 12.5. The van der Waals surface area contributed by atoms with Crippen molar-refractivity contribution in [3.05, 3.63) is 87.6 Å². The van der Waals surface area contributed by atoms with Crippen LogP contribution >= 0.6 is 11.6 Å². The molecule has 3 heterocycles. The van der Waals surface area contributed by atoms with Crippen molar-refractivity contribution in [3.63, 3.8) is 0 Å². The minimum absolute atomic E-state index is 0.327. The van der Waals surface area contributed by atoms with E-state index in [4.69, 9.17) is 21.1 Å². The number of carboxylic acid groups (broad SMARTS) is 1. The molecular weight excluding hydrogens is 526 g/mol. The summed E-state index contributed by atoms with van der Waals surface area (Å²) in [5, 5.41) is 16.2. The molecule has 7 nitrogen and oxygen atoms in total. The van der Waals surface area contributed by atoms with Gasteiger partial charge < -0.3 is 19.5 Å². The van der Waals surface area contributed by atoms with E-state index < -0.39 is 6.09 Å². The van der Waals surface area contributed by atoms with Crippen LogP contribution in [-0.2, 0) is 4.74 Å². The van der Waals surface area contributed by atoms with E-state index in [1.54, 1.807) is 6.26 Å². The molecule has 4 aliphatic rings. The highest BCUT2D eigenvalue weighted by molar-refractivity contribution is 6.31. The molecular formula is C32H36ClN3O4. The number of ether oxygens (including phenoxy) is 2. The molecule has 40 heavy (non-hydrogen) atoms. The summed E-state index contributed by atoms with van der Waals surface area (Å²) in [4.78, 5) is 15.0. The second-order valence-corrected chi connectivity index (χ2v) is 11.6. The lowest BCUT2D eigenvalue weighted by molar-refractivity contribution is 0.0443. The summed E-state index contributed by atoms with van der Waals surface area (Å²) in [6, 6.07) is 11.7. The molecule has 1 atom stereocenters. The maximum Gasteiger partial charge on any atom is 0.426 e. The molecule has 0 aromatic heterocycles. The number of carbonyl (C=O) groups is 1. The zero-order valence-electron chi connectivity index (χ0n) is 23.2. The van der Waals surface area contributed by atoms with Gasteiger partial charge in [0.1, 0.15) is 12.0 Å². The van der Waals surface area contributed by atoms with E-state index in [2.05, 4.69) is 18.7 Å². The first-order valence-electron chi connectivity index (χ1n) is 14.2. The molecule has 1 fully saturated rings. The lowest BCUT2D eigenvalue weighted by Gasteiger charge is -2.30. The molecule has 6 rings (SSSR count). The van der Waals surface area contributed by atoms with Gasteiger partial charge in [-0.25, -0.2) is 9.80 Å². The first kappa shape index (κ1) is 26.6. The van der Waals surface area contributed by atoms with Crippen molar-refractivity contribution in [2.75, 3.05) is 32.8 Å². The first-order valence-corrected chi connectivity index (χ1v) is 14.6. The van der Waals surface area contributed by atoms with E-state index in [-0.39, 0.29) is 0 Å². The number of amides is 1. The van der Waals surface area contributed by atoms with Crippen LogP contribution in [0.1, 0.15) is 46.0 Å². The van der Waals surface area contributed by atoms with E-state index in [0.29, 0.717) is 37.1 Å². The summed E-state index contributed by atoms with van der Waals surface area (Å²) in [6.07, 6.45) is 7.52. The molecule has 0 radical (unpaired) electrons. The Labute approximate surface area is 240 Å². The molecule has 8 heteroatoms. The molecule has 2 aromatic rings. The summed E-state index contributed by atoms with van der Waals surface area (Å²) in [5.41, 5.74) is 7.24. The minimum atomic E-state index is -0.964. The van der Waals surface area contributed by atoms with E-state index in [1.165, 1.54) is 27.4 Å². The number of rotatable bonds is 5. The Morgan fingerprint density at radius 1 is 1.15 bits per heavy atom. The summed E-state index contributed by atoms with van der Waals surface area (Å²) < 4.78 is 12.2. The van der Waals surface area contributed by atoms with E-state index in [9.17, 15) is 9.90 Å². The van der Waals surface area contributed by atoms with Crippen molar-refractivity contribution in [1.29, 1.82) is 0 Å². The number of benzene rings is 2. The van der Waals surface area contributed by atoms with Crippen LogP contribution in [0.3, 0.4) is 0 Å². The van der Waals surface area contributed by atoms with Gasteiger partial charge in [0.15, 0.2) is 0 Å². The van der Waals surface area contributed by atoms with Gasteiger partial charge in [0.05, 0.1) is 25.1 Å². The van der Waals surface area contributed by atoms with Crippen LogP contribution in [0.15, 0.2) is 82.6 Å². The van der Waals surface area contributed by atoms with Crippen molar-refractivity contribution >= 4 is 28.5 Å². The Bertz CT molecular complexity index is 1460. The highest BCUT2D eigenvalue weighted by Gasteiger charge is 2.39. The molecule has 1 unspecified atom stereocenters. The van der Waals surface area contributed by atoms with Crippen molar-refractivity contribution in [2.24, 2.45) is 5.92 Å². The monoisotopic (exact) mass is 561 g/mol.